The van der Waals surface area contributed by atoms with Gasteiger partial charge in [0.25, 0.3) is 0 Å². The summed E-state index contributed by atoms with van der Waals surface area (Å²) in [6, 6.07) is 44.4. The zero-order chi connectivity index (χ0) is 33.8. The van der Waals surface area contributed by atoms with Crippen LogP contribution < -0.4 is 0 Å². The third-order valence-corrected chi connectivity index (χ3v) is 11.2. The molecule has 0 radical (unpaired) electrons. The molecule has 2 aliphatic carbocycles. The highest BCUT2D eigenvalue weighted by atomic mass is 15.0. The van der Waals surface area contributed by atoms with E-state index in [1.54, 1.807) is 0 Å². The van der Waals surface area contributed by atoms with Gasteiger partial charge in [0.15, 0.2) is 17.5 Å². The van der Waals surface area contributed by atoms with E-state index in [9.17, 15) is 5.26 Å². The third-order valence-electron chi connectivity index (χ3n) is 11.2. The van der Waals surface area contributed by atoms with Crippen molar-refractivity contribution in [1.82, 2.24) is 19.5 Å². The number of benzene rings is 5. The highest BCUT2D eigenvalue weighted by Crippen LogP contribution is 2.54. The molecule has 2 unspecified atom stereocenters. The Balaban J connectivity index is 1.11. The first-order valence-corrected chi connectivity index (χ1v) is 17.9. The Morgan fingerprint density at radius 3 is 1.80 bits per heavy atom. The minimum absolute atomic E-state index is 0.286. The number of para-hydroxylation sites is 1. The molecule has 7 aromatic rings. The van der Waals surface area contributed by atoms with Crippen LogP contribution in [0.15, 0.2) is 121 Å². The fourth-order valence-corrected chi connectivity index (χ4v) is 9.46. The minimum Gasteiger partial charge on any atom is -0.309 e. The molecule has 5 heteroatoms. The van der Waals surface area contributed by atoms with Crippen molar-refractivity contribution >= 4 is 21.8 Å². The van der Waals surface area contributed by atoms with Gasteiger partial charge in [-0.05, 0) is 109 Å². The van der Waals surface area contributed by atoms with Crippen molar-refractivity contribution in [2.24, 2.45) is 17.8 Å². The smallest absolute Gasteiger partial charge is 0.164 e. The third kappa shape index (κ3) is 5.27. The van der Waals surface area contributed by atoms with Gasteiger partial charge in [0.05, 0.1) is 22.7 Å². The number of fused-ring (bicyclic) bond motifs is 5. The summed E-state index contributed by atoms with van der Waals surface area (Å²) in [7, 11) is 0. The molecule has 2 aliphatic rings. The molecule has 5 nitrogen and oxygen atoms in total. The van der Waals surface area contributed by atoms with Gasteiger partial charge in [0, 0.05) is 33.2 Å². The number of rotatable bonds is 5. The van der Waals surface area contributed by atoms with Crippen molar-refractivity contribution < 1.29 is 0 Å². The molecular formula is C45H39N5. The normalized spacial score (nSPS) is 21.7. The number of hydrogen-bond donors (Lipinski definition) is 0. The Morgan fingerprint density at radius 1 is 0.600 bits per heavy atom. The van der Waals surface area contributed by atoms with Crippen LogP contribution in [0.25, 0.3) is 61.7 Å². The molecule has 50 heavy (non-hydrogen) atoms. The standard InChI is InChI=1S/C45H39N5/c1-29-22-32-23-30(2)26-45(25-29,27-32)36-17-13-34(14-18-36)43-47-42(33-8-4-3-5-9-33)48-44(49-43)35-15-19-37(20-16-35)50-40-11-7-6-10-38(40)39-24-31(28-46)12-21-41(39)50/h3-21,24,29-30,32H,22-23,25-27H2,1-2H3/t29-,30+,32?,45?. The predicted molar refractivity (Wildman–Crippen MR) is 202 cm³/mol. The molecule has 2 aromatic heterocycles. The lowest BCUT2D eigenvalue weighted by Gasteiger charge is -2.50. The molecular weight excluding hydrogens is 611 g/mol. The SMILES string of the molecule is C[C@@H]1CC2C[C@H](C)CC(c3ccc(-c4nc(-c5ccccc5)nc(-c5ccc(-n6c7ccccc7c7cc(C#N)ccc76)cc5)n4)cc3)(C2)C1. The molecule has 0 saturated heterocycles. The van der Waals surface area contributed by atoms with Crippen LogP contribution in [-0.2, 0) is 5.41 Å². The van der Waals surface area contributed by atoms with Gasteiger partial charge < -0.3 is 4.57 Å². The second kappa shape index (κ2) is 12.1. The summed E-state index contributed by atoms with van der Waals surface area (Å²) in [5.74, 6) is 4.40. The first kappa shape index (κ1) is 30.5. The van der Waals surface area contributed by atoms with Crippen molar-refractivity contribution in [2.75, 3.05) is 0 Å². The largest absolute Gasteiger partial charge is 0.309 e. The van der Waals surface area contributed by atoms with E-state index in [1.807, 2.05) is 42.5 Å². The van der Waals surface area contributed by atoms with Crippen LogP contribution >= 0.6 is 0 Å². The summed E-state index contributed by atoms with van der Waals surface area (Å²) < 4.78 is 2.26. The van der Waals surface area contributed by atoms with Crippen LogP contribution in [0.4, 0.5) is 0 Å². The summed E-state index contributed by atoms with van der Waals surface area (Å²) >= 11 is 0. The summed E-state index contributed by atoms with van der Waals surface area (Å²) in [6.45, 7) is 4.90. The van der Waals surface area contributed by atoms with Crippen LogP contribution in [-0.4, -0.2) is 19.5 Å². The molecule has 2 heterocycles. The van der Waals surface area contributed by atoms with Gasteiger partial charge >= 0.3 is 0 Å². The summed E-state index contributed by atoms with van der Waals surface area (Å²) in [4.78, 5) is 15.1. The zero-order valence-electron chi connectivity index (χ0n) is 28.6. The predicted octanol–water partition coefficient (Wildman–Crippen LogP) is 10.9. The first-order chi connectivity index (χ1) is 24.5. The van der Waals surface area contributed by atoms with Crippen LogP contribution in [0, 0.1) is 29.1 Å². The lowest BCUT2D eigenvalue weighted by Crippen LogP contribution is -2.42. The molecule has 0 spiro atoms. The second-order valence-electron chi connectivity index (χ2n) is 14.9. The molecule has 0 amide bonds. The average Bonchev–Trinajstić information content (AvgIpc) is 3.48. The Kier molecular flexibility index (Phi) is 7.35. The number of hydrogen-bond acceptors (Lipinski definition) is 4. The number of aromatic nitrogens is 4. The second-order valence-corrected chi connectivity index (χ2v) is 14.9. The van der Waals surface area contributed by atoms with Crippen LogP contribution in [0.1, 0.15) is 57.1 Å². The Morgan fingerprint density at radius 2 is 1.16 bits per heavy atom. The monoisotopic (exact) mass is 649 g/mol. The molecule has 5 aromatic carbocycles. The number of nitriles is 1. The summed E-state index contributed by atoms with van der Waals surface area (Å²) in [6.07, 6.45) is 6.64. The molecule has 2 fully saturated rings. The maximum atomic E-state index is 9.56. The Hall–Kier alpha value is -5.60. The highest BCUT2D eigenvalue weighted by Gasteiger charge is 2.45. The van der Waals surface area contributed by atoms with E-state index in [-0.39, 0.29) is 5.41 Å². The maximum absolute atomic E-state index is 9.56. The fourth-order valence-electron chi connectivity index (χ4n) is 9.46. The zero-order valence-corrected chi connectivity index (χ0v) is 28.6. The lowest BCUT2D eigenvalue weighted by molar-refractivity contribution is 0.0780. The molecule has 9 rings (SSSR count). The van der Waals surface area contributed by atoms with E-state index in [4.69, 9.17) is 15.0 Å². The van der Waals surface area contributed by atoms with Crippen LogP contribution in [0.3, 0.4) is 0 Å². The van der Waals surface area contributed by atoms with Crippen molar-refractivity contribution in [1.29, 1.82) is 5.26 Å². The van der Waals surface area contributed by atoms with Crippen molar-refractivity contribution in [3.8, 4) is 45.9 Å². The molecule has 2 saturated carbocycles. The van der Waals surface area contributed by atoms with E-state index in [0.29, 0.717) is 23.0 Å². The number of nitrogens with zero attached hydrogens (tertiary/aromatic N) is 5. The van der Waals surface area contributed by atoms with Gasteiger partial charge in [-0.2, -0.15) is 5.26 Å². The van der Waals surface area contributed by atoms with Crippen molar-refractivity contribution in [2.45, 2.75) is 51.4 Å². The molecule has 244 valence electrons. The van der Waals surface area contributed by atoms with Gasteiger partial charge in [-0.15, -0.1) is 0 Å². The first-order valence-electron chi connectivity index (χ1n) is 17.9. The van der Waals surface area contributed by atoms with E-state index in [2.05, 4.69) is 103 Å². The van der Waals surface area contributed by atoms with E-state index < -0.39 is 0 Å². The molecule has 2 bridgehead atoms. The van der Waals surface area contributed by atoms with Gasteiger partial charge in [-0.25, -0.2) is 15.0 Å². The van der Waals surface area contributed by atoms with E-state index in [0.717, 1.165) is 61.9 Å². The van der Waals surface area contributed by atoms with Gasteiger partial charge in [-0.3, -0.25) is 0 Å². The average molecular weight is 650 g/mol. The van der Waals surface area contributed by atoms with Gasteiger partial charge in [0.2, 0.25) is 0 Å². The van der Waals surface area contributed by atoms with Crippen LogP contribution in [0.2, 0.25) is 0 Å². The topological polar surface area (TPSA) is 67.4 Å². The van der Waals surface area contributed by atoms with Gasteiger partial charge in [-0.1, -0.05) is 86.6 Å². The quantitative estimate of drug-likeness (QED) is 0.186. The van der Waals surface area contributed by atoms with E-state index in [1.165, 1.54) is 37.7 Å². The van der Waals surface area contributed by atoms with Crippen molar-refractivity contribution in [3.05, 3.63) is 132 Å². The lowest BCUT2D eigenvalue weighted by atomic mass is 9.54. The molecule has 4 atom stereocenters. The molecule has 0 N–H and O–H groups in total. The maximum Gasteiger partial charge on any atom is 0.164 e. The Labute approximate surface area is 293 Å². The Bertz CT molecular complexity index is 2380. The highest BCUT2D eigenvalue weighted by molar-refractivity contribution is 6.09. The van der Waals surface area contributed by atoms with Crippen molar-refractivity contribution in [3.63, 3.8) is 0 Å². The van der Waals surface area contributed by atoms with Crippen LogP contribution in [0.5, 0.6) is 0 Å². The minimum atomic E-state index is 0.286. The van der Waals surface area contributed by atoms with Gasteiger partial charge in [0.1, 0.15) is 0 Å². The van der Waals surface area contributed by atoms with E-state index >= 15 is 0 Å². The summed E-state index contributed by atoms with van der Waals surface area (Å²) in [5, 5.41) is 11.8. The fraction of sp³-hybridized carbons (Fsp3) is 0.244. The molecule has 0 aliphatic heterocycles. The summed E-state index contributed by atoms with van der Waals surface area (Å²) in [5.41, 5.74) is 8.52.